The second-order valence-corrected chi connectivity index (χ2v) is 6.97. The van der Waals surface area contributed by atoms with Crippen LogP contribution in [0.1, 0.15) is 41.5 Å². The molecular weight excluding hydrogens is 241 g/mol. The first-order chi connectivity index (χ1) is 7.54. The molecular formula is C10H22N3O3P. The molecule has 1 unspecified atom stereocenters. The van der Waals surface area contributed by atoms with E-state index in [1.807, 2.05) is 0 Å². The fraction of sp³-hybridized carbons (Fsp3) is 0.800. The van der Waals surface area contributed by atoms with Crippen molar-refractivity contribution in [2.24, 2.45) is 5.92 Å². The molecule has 0 aliphatic heterocycles. The summed E-state index contributed by atoms with van der Waals surface area (Å²) in [5, 5.41) is 9.18. The average molecular weight is 263 g/mol. The minimum atomic E-state index is -3.82. The van der Waals surface area contributed by atoms with Crippen LogP contribution in [0.3, 0.4) is 0 Å². The molecule has 6 nitrogen and oxygen atoms in total. The van der Waals surface area contributed by atoms with Gasteiger partial charge < -0.3 is 4.89 Å². The number of aromatic nitrogens is 3. The van der Waals surface area contributed by atoms with Crippen molar-refractivity contribution < 1.29 is 14.0 Å². The van der Waals surface area contributed by atoms with E-state index in [4.69, 9.17) is 4.52 Å². The molecule has 1 atom stereocenters. The van der Waals surface area contributed by atoms with E-state index in [2.05, 4.69) is 36.2 Å². The van der Waals surface area contributed by atoms with Crippen molar-refractivity contribution >= 4 is 13.0 Å². The summed E-state index contributed by atoms with van der Waals surface area (Å²) in [6.07, 6.45) is 1.17. The predicted molar refractivity (Wildman–Crippen MR) is 67.2 cm³/mol. The van der Waals surface area contributed by atoms with Gasteiger partial charge in [-0.15, -0.1) is 5.10 Å². The van der Waals surface area contributed by atoms with Crippen LogP contribution in [0.25, 0.3) is 0 Å². The van der Waals surface area contributed by atoms with Gasteiger partial charge in [0.25, 0.3) is 0 Å². The van der Waals surface area contributed by atoms with Gasteiger partial charge in [0.1, 0.15) is 0 Å². The largest absolute Gasteiger partial charge is 0.381 e. The Morgan fingerprint density at radius 1 is 1.41 bits per heavy atom. The number of nitrogens with one attached hydrogen (secondary N) is 1. The molecule has 0 amide bonds. The first-order valence-electron chi connectivity index (χ1n) is 5.44. The third-order valence-electron chi connectivity index (χ3n) is 1.09. The van der Waals surface area contributed by atoms with Crippen LogP contribution in [0, 0.1) is 5.92 Å². The number of rotatable bonds is 2. The molecule has 7 heteroatoms. The van der Waals surface area contributed by atoms with Crippen LogP contribution >= 0.6 is 7.60 Å². The van der Waals surface area contributed by atoms with Gasteiger partial charge in [-0.1, -0.05) is 20.8 Å². The van der Waals surface area contributed by atoms with Crippen molar-refractivity contribution in [3.8, 4) is 0 Å². The van der Waals surface area contributed by atoms with E-state index in [0.717, 1.165) is 5.92 Å². The number of aromatic amines is 1. The average Bonchev–Trinajstić information content (AvgIpc) is 2.48. The molecule has 100 valence electrons. The Labute approximate surface area is 102 Å². The summed E-state index contributed by atoms with van der Waals surface area (Å²) >= 11 is 0. The molecule has 0 saturated carbocycles. The Hall–Kier alpha value is -0.710. The zero-order chi connectivity index (χ0) is 13.7. The molecule has 1 aromatic rings. The van der Waals surface area contributed by atoms with Crippen LogP contribution in [0.5, 0.6) is 0 Å². The SMILES string of the molecule is CC(C)(C)OP(=O)(O)c1cn[nH]n1.CC(C)C. The summed E-state index contributed by atoms with van der Waals surface area (Å²) in [4.78, 5) is 9.42. The van der Waals surface area contributed by atoms with Gasteiger partial charge in [-0.3, -0.25) is 9.09 Å². The summed E-state index contributed by atoms with van der Waals surface area (Å²) in [6.45, 7) is 11.6. The minimum Gasteiger partial charge on any atom is -0.320 e. The molecule has 0 radical (unpaired) electrons. The van der Waals surface area contributed by atoms with Gasteiger partial charge in [0, 0.05) is 0 Å². The van der Waals surface area contributed by atoms with Gasteiger partial charge >= 0.3 is 7.60 Å². The van der Waals surface area contributed by atoms with Gasteiger partial charge in [-0.25, -0.2) is 0 Å². The molecule has 0 spiro atoms. The number of hydrogen-bond donors (Lipinski definition) is 2. The molecule has 1 rings (SSSR count). The minimum absolute atomic E-state index is 0.0672. The molecule has 17 heavy (non-hydrogen) atoms. The van der Waals surface area contributed by atoms with E-state index in [1.54, 1.807) is 20.8 Å². The van der Waals surface area contributed by atoms with Gasteiger partial charge in [0.15, 0.2) is 5.44 Å². The lowest BCUT2D eigenvalue weighted by Gasteiger charge is -2.21. The summed E-state index contributed by atoms with van der Waals surface area (Å²) in [5.41, 5.74) is -0.758. The quantitative estimate of drug-likeness (QED) is 0.798. The van der Waals surface area contributed by atoms with Crippen LogP contribution in [-0.2, 0) is 9.09 Å². The standard InChI is InChI=1S/C6H12N3O3P.C4H10/c1-6(2,3)12-13(10,11)5-4-7-9-8-5;1-4(2)3/h4H,1-3H3,(H,10,11)(H,7,8,9);4H,1-3H3. The van der Waals surface area contributed by atoms with Crippen LogP contribution in [-0.4, -0.2) is 25.9 Å². The molecule has 1 heterocycles. The molecule has 0 fully saturated rings. The Bertz CT molecular complexity index is 355. The van der Waals surface area contributed by atoms with Crippen molar-refractivity contribution in [2.75, 3.05) is 0 Å². The van der Waals surface area contributed by atoms with Crippen molar-refractivity contribution in [2.45, 2.75) is 47.1 Å². The Morgan fingerprint density at radius 2 is 1.88 bits per heavy atom. The van der Waals surface area contributed by atoms with Crippen molar-refractivity contribution in [1.29, 1.82) is 0 Å². The van der Waals surface area contributed by atoms with Gasteiger partial charge in [-0.05, 0) is 26.7 Å². The Balaban J connectivity index is 0.000000557. The second kappa shape index (κ2) is 6.28. The lowest BCUT2D eigenvalue weighted by Crippen LogP contribution is -2.21. The maximum absolute atomic E-state index is 11.5. The molecule has 0 aliphatic rings. The highest BCUT2D eigenvalue weighted by molar-refractivity contribution is 7.61. The molecule has 0 saturated heterocycles. The van der Waals surface area contributed by atoms with Crippen LogP contribution in [0.2, 0.25) is 0 Å². The normalized spacial score (nSPS) is 15.1. The monoisotopic (exact) mass is 263 g/mol. The van der Waals surface area contributed by atoms with Crippen LogP contribution in [0.4, 0.5) is 0 Å². The molecule has 0 aromatic carbocycles. The summed E-state index contributed by atoms with van der Waals surface area (Å²) < 4.78 is 16.5. The predicted octanol–water partition coefficient (Wildman–Crippen LogP) is 2.09. The first kappa shape index (κ1) is 16.3. The Kier molecular flexibility index (Phi) is 6.02. The summed E-state index contributed by atoms with van der Waals surface area (Å²) in [6, 6.07) is 0. The smallest absolute Gasteiger partial charge is 0.320 e. The van der Waals surface area contributed by atoms with Crippen molar-refractivity contribution in [3.05, 3.63) is 6.20 Å². The van der Waals surface area contributed by atoms with E-state index in [0.29, 0.717) is 0 Å². The van der Waals surface area contributed by atoms with E-state index in [1.165, 1.54) is 6.20 Å². The van der Waals surface area contributed by atoms with Gasteiger partial charge in [-0.2, -0.15) is 10.3 Å². The van der Waals surface area contributed by atoms with E-state index in [-0.39, 0.29) is 5.44 Å². The van der Waals surface area contributed by atoms with Crippen LogP contribution in [0.15, 0.2) is 6.20 Å². The maximum Gasteiger partial charge on any atom is 0.381 e. The first-order valence-corrected chi connectivity index (χ1v) is 7.02. The summed E-state index contributed by atoms with van der Waals surface area (Å²) in [7, 11) is -3.82. The molecule has 2 N–H and O–H groups in total. The van der Waals surface area contributed by atoms with Crippen molar-refractivity contribution in [1.82, 2.24) is 15.4 Å². The Morgan fingerprint density at radius 3 is 2.18 bits per heavy atom. The lowest BCUT2D eigenvalue weighted by atomic mass is 10.2. The highest BCUT2D eigenvalue weighted by Crippen LogP contribution is 2.43. The van der Waals surface area contributed by atoms with Crippen LogP contribution < -0.4 is 5.44 Å². The third kappa shape index (κ3) is 8.07. The number of hydrogen-bond acceptors (Lipinski definition) is 4. The number of nitrogens with zero attached hydrogens (tertiary/aromatic N) is 2. The van der Waals surface area contributed by atoms with E-state index >= 15 is 0 Å². The number of H-pyrrole nitrogens is 1. The molecule has 1 aromatic heterocycles. The fourth-order valence-electron chi connectivity index (χ4n) is 0.750. The zero-order valence-electron chi connectivity index (χ0n) is 11.3. The third-order valence-corrected chi connectivity index (χ3v) is 2.68. The maximum atomic E-state index is 11.5. The highest BCUT2D eigenvalue weighted by atomic mass is 31.2. The molecule has 0 bridgehead atoms. The lowest BCUT2D eigenvalue weighted by molar-refractivity contribution is 0.116. The van der Waals surface area contributed by atoms with Gasteiger partial charge in [0.05, 0.1) is 11.8 Å². The summed E-state index contributed by atoms with van der Waals surface area (Å²) in [5.74, 6) is 0.833. The fourth-order valence-corrected chi connectivity index (χ4v) is 1.96. The van der Waals surface area contributed by atoms with E-state index in [9.17, 15) is 9.46 Å². The zero-order valence-corrected chi connectivity index (χ0v) is 12.2. The second-order valence-electron chi connectivity index (χ2n) is 5.28. The molecule has 0 aliphatic carbocycles. The van der Waals surface area contributed by atoms with Gasteiger partial charge in [0.2, 0.25) is 0 Å². The van der Waals surface area contributed by atoms with E-state index < -0.39 is 13.2 Å². The van der Waals surface area contributed by atoms with Crippen molar-refractivity contribution in [3.63, 3.8) is 0 Å². The topological polar surface area (TPSA) is 88.1 Å². The highest BCUT2D eigenvalue weighted by Gasteiger charge is 2.31.